The average molecular weight is 227 g/mol. The van der Waals surface area contributed by atoms with E-state index in [1.54, 1.807) is 24.4 Å². The van der Waals surface area contributed by atoms with Gasteiger partial charge >= 0.3 is 0 Å². The smallest absolute Gasteiger partial charge is 0.167 e. The first-order chi connectivity index (χ1) is 5.79. The minimum atomic E-state index is -1.08. The normalized spacial score (nSPS) is 12.1. The maximum atomic E-state index is 9.22. The van der Waals surface area contributed by atoms with Crippen LogP contribution in [0.1, 0.15) is 17.4 Å². The number of aromatic nitrogens is 1. The third kappa shape index (κ3) is 1.81. The zero-order valence-electron chi connectivity index (χ0n) is 6.24. The molecule has 0 spiro atoms. The molecule has 0 amide bonds. The molecule has 0 radical (unpaired) electrons. The molecule has 1 aromatic heterocycles. The number of rotatable bonds is 2. The van der Waals surface area contributed by atoms with Crippen molar-refractivity contribution in [2.24, 2.45) is 0 Å². The lowest BCUT2D eigenvalue weighted by Crippen LogP contribution is -1.99. The van der Waals surface area contributed by atoms with E-state index in [1.807, 2.05) is 0 Å². The number of aliphatic hydroxyl groups is 1. The summed E-state index contributed by atoms with van der Waals surface area (Å²) < 4.78 is 0. The van der Waals surface area contributed by atoms with Crippen molar-refractivity contribution in [1.29, 1.82) is 5.26 Å². The Labute approximate surface area is 78.8 Å². The number of nitriles is 1. The predicted molar refractivity (Wildman–Crippen MR) is 47.4 cm³/mol. The van der Waals surface area contributed by atoms with Gasteiger partial charge in [0.15, 0.2) is 6.10 Å². The van der Waals surface area contributed by atoms with E-state index in [0.29, 0.717) is 16.6 Å². The van der Waals surface area contributed by atoms with Crippen molar-refractivity contribution in [1.82, 2.24) is 4.98 Å². The highest BCUT2D eigenvalue weighted by Gasteiger charge is 2.10. The van der Waals surface area contributed by atoms with Gasteiger partial charge in [-0.15, -0.1) is 0 Å². The number of hydrogen-bond acceptors (Lipinski definition) is 3. The van der Waals surface area contributed by atoms with Crippen LogP contribution in [-0.2, 0) is 5.33 Å². The Morgan fingerprint density at radius 2 is 2.50 bits per heavy atom. The molecule has 12 heavy (non-hydrogen) atoms. The molecule has 0 bridgehead atoms. The van der Waals surface area contributed by atoms with Gasteiger partial charge in [-0.1, -0.05) is 22.0 Å². The molecule has 1 atom stereocenters. The van der Waals surface area contributed by atoms with Gasteiger partial charge in [0, 0.05) is 17.1 Å². The lowest BCUT2D eigenvalue weighted by molar-refractivity contribution is 0.234. The van der Waals surface area contributed by atoms with Crippen molar-refractivity contribution in [3.8, 4) is 6.07 Å². The largest absolute Gasteiger partial charge is 0.374 e. The van der Waals surface area contributed by atoms with Gasteiger partial charge in [-0.25, -0.2) is 0 Å². The van der Waals surface area contributed by atoms with E-state index in [1.165, 1.54) is 0 Å². The first-order valence-electron chi connectivity index (χ1n) is 3.37. The molecule has 3 nitrogen and oxygen atoms in total. The fourth-order valence-electron chi connectivity index (χ4n) is 0.881. The number of hydrogen-bond donors (Lipinski definition) is 1. The summed E-state index contributed by atoms with van der Waals surface area (Å²) >= 11 is 3.22. The van der Waals surface area contributed by atoms with Crippen LogP contribution in [0.2, 0.25) is 0 Å². The van der Waals surface area contributed by atoms with Crippen molar-refractivity contribution in [2.45, 2.75) is 11.4 Å². The minimum absolute atomic E-state index is 0.544. The second kappa shape index (κ2) is 4.19. The van der Waals surface area contributed by atoms with E-state index in [9.17, 15) is 5.11 Å². The van der Waals surface area contributed by atoms with E-state index < -0.39 is 6.10 Å². The van der Waals surface area contributed by atoms with Crippen LogP contribution in [0.3, 0.4) is 0 Å². The van der Waals surface area contributed by atoms with Crippen molar-refractivity contribution < 1.29 is 5.11 Å². The SMILES string of the molecule is N#CC(O)c1cccnc1CBr. The predicted octanol–water partition coefficient (Wildman–Crippen LogP) is 1.53. The Bertz CT molecular complexity index is 308. The molecular formula is C8H7BrN2O. The lowest BCUT2D eigenvalue weighted by atomic mass is 10.1. The molecule has 1 unspecified atom stereocenters. The number of alkyl halides is 1. The Balaban J connectivity index is 3.06. The highest BCUT2D eigenvalue weighted by atomic mass is 79.9. The van der Waals surface area contributed by atoms with Crippen LogP contribution in [-0.4, -0.2) is 10.1 Å². The third-order valence-corrected chi connectivity index (χ3v) is 2.00. The minimum Gasteiger partial charge on any atom is -0.374 e. The Kier molecular flexibility index (Phi) is 3.20. The molecule has 0 aliphatic rings. The number of aliphatic hydroxyl groups excluding tert-OH is 1. The molecule has 62 valence electrons. The van der Waals surface area contributed by atoms with E-state index in [2.05, 4.69) is 20.9 Å². The van der Waals surface area contributed by atoms with E-state index in [-0.39, 0.29) is 0 Å². The van der Waals surface area contributed by atoms with Gasteiger partial charge in [-0.3, -0.25) is 4.98 Å². The quantitative estimate of drug-likeness (QED) is 0.615. The Morgan fingerprint density at radius 3 is 3.08 bits per heavy atom. The summed E-state index contributed by atoms with van der Waals surface area (Å²) in [6.07, 6.45) is 0.552. The van der Waals surface area contributed by atoms with Gasteiger partial charge in [-0.05, 0) is 6.07 Å². The van der Waals surface area contributed by atoms with Crippen molar-refractivity contribution in [3.63, 3.8) is 0 Å². The zero-order chi connectivity index (χ0) is 8.97. The van der Waals surface area contributed by atoms with Gasteiger partial charge in [-0.2, -0.15) is 5.26 Å². The van der Waals surface area contributed by atoms with Crippen LogP contribution in [0.25, 0.3) is 0 Å². The maximum absolute atomic E-state index is 9.22. The second-order valence-electron chi connectivity index (χ2n) is 2.20. The van der Waals surface area contributed by atoms with Gasteiger partial charge in [0.25, 0.3) is 0 Å². The summed E-state index contributed by atoms with van der Waals surface area (Å²) in [6, 6.07) is 5.14. The Morgan fingerprint density at radius 1 is 1.75 bits per heavy atom. The third-order valence-electron chi connectivity index (χ3n) is 1.47. The molecule has 0 aliphatic carbocycles. The Hall–Kier alpha value is -0.920. The molecule has 1 heterocycles. The monoisotopic (exact) mass is 226 g/mol. The van der Waals surface area contributed by atoms with Gasteiger partial charge < -0.3 is 5.11 Å². The fourth-order valence-corrected chi connectivity index (χ4v) is 1.35. The van der Waals surface area contributed by atoms with Crippen molar-refractivity contribution in [3.05, 3.63) is 29.6 Å². The fraction of sp³-hybridized carbons (Fsp3) is 0.250. The molecule has 1 N–H and O–H groups in total. The van der Waals surface area contributed by atoms with E-state index in [0.717, 1.165) is 0 Å². The molecule has 0 saturated heterocycles. The second-order valence-corrected chi connectivity index (χ2v) is 2.77. The summed E-state index contributed by atoms with van der Waals surface area (Å²) in [5, 5.41) is 18.2. The summed E-state index contributed by atoms with van der Waals surface area (Å²) in [5.41, 5.74) is 1.27. The molecule has 4 heteroatoms. The van der Waals surface area contributed by atoms with Crippen LogP contribution >= 0.6 is 15.9 Å². The standard InChI is InChI=1S/C8H7BrN2O/c9-4-7-6(8(12)5-10)2-1-3-11-7/h1-3,8,12H,4H2. The molecule has 1 aromatic rings. The number of nitrogens with zero attached hydrogens (tertiary/aromatic N) is 2. The van der Waals surface area contributed by atoms with Crippen molar-refractivity contribution >= 4 is 15.9 Å². The highest BCUT2D eigenvalue weighted by Crippen LogP contribution is 2.16. The maximum Gasteiger partial charge on any atom is 0.167 e. The molecule has 0 saturated carbocycles. The molecule has 0 aliphatic heterocycles. The number of halogens is 1. The van der Waals surface area contributed by atoms with Crippen LogP contribution in [0.4, 0.5) is 0 Å². The summed E-state index contributed by atoms with van der Waals surface area (Å²) in [6.45, 7) is 0. The summed E-state index contributed by atoms with van der Waals surface area (Å²) in [7, 11) is 0. The average Bonchev–Trinajstić information content (AvgIpc) is 2.16. The summed E-state index contributed by atoms with van der Waals surface area (Å²) in [5.74, 6) is 0. The van der Waals surface area contributed by atoms with Gasteiger partial charge in [0.2, 0.25) is 0 Å². The van der Waals surface area contributed by atoms with Crippen LogP contribution < -0.4 is 0 Å². The summed E-state index contributed by atoms with van der Waals surface area (Å²) in [4.78, 5) is 4.01. The van der Waals surface area contributed by atoms with Crippen LogP contribution in [0, 0.1) is 11.3 Å². The van der Waals surface area contributed by atoms with E-state index >= 15 is 0 Å². The topological polar surface area (TPSA) is 56.9 Å². The van der Waals surface area contributed by atoms with Crippen LogP contribution in [0.15, 0.2) is 18.3 Å². The molecule has 0 aromatic carbocycles. The van der Waals surface area contributed by atoms with Gasteiger partial charge in [0.1, 0.15) is 0 Å². The highest BCUT2D eigenvalue weighted by molar-refractivity contribution is 9.08. The van der Waals surface area contributed by atoms with Gasteiger partial charge in [0.05, 0.1) is 11.8 Å². The first-order valence-corrected chi connectivity index (χ1v) is 4.49. The van der Waals surface area contributed by atoms with E-state index in [4.69, 9.17) is 5.26 Å². The number of pyridine rings is 1. The zero-order valence-corrected chi connectivity index (χ0v) is 7.82. The van der Waals surface area contributed by atoms with Crippen LogP contribution in [0.5, 0.6) is 0 Å². The lowest BCUT2D eigenvalue weighted by Gasteiger charge is -2.05. The first kappa shape index (κ1) is 9.17. The molecule has 0 fully saturated rings. The molecule has 1 rings (SSSR count). The van der Waals surface area contributed by atoms with Crippen molar-refractivity contribution in [2.75, 3.05) is 0 Å². The molecular weight excluding hydrogens is 220 g/mol.